The second-order valence-electron chi connectivity index (χ2n) is 11.0. The number of furan rings is 1. The molecule has 2 aromatic heterocycles. The first-order valence-corrected chi connectivity index (χ1v) is 13.3. The van der Waals surface area contributed by atoms with Crippen LogP contribution in [0, 0.1) is 23.7 Å². The second-order valence-corrected chi connectivity index (χ2v) is 11.0. The van der Waals surface area contributed by atoms with Gasteiger partial charge in [0.05, 0.1) is 22.7 Å². The van der Waals surface area contributed by atoms with Crippen molar-refractivity contribution >= 4 is 22.7 Å². The topological polar surface area (TPSA) is 114 Å². The van der Waals surface area contributed by atoms with Gasteiger partial charge in [0.25, 0.3) is 5.91 Å². The van der Waals surface area contributed by atoms with Crippen LogP contribution in [0.3, 0.4) is 0 Å². The predicted octanol–water partition coefficient (Wildman–Crippen LogP) is 5.93. The summed E-state index contributed by atoms with van der Waals surface area (Å²) in [5.41, 5.74) is 0.979. The van der Waals surface area contributed by atoms with Crippen molar-refractivity contribution in [1.29, 1.82) is 5.26 Å². The summed E-state index contributed by atoms with van der Waals surface area (Å²) in [5, 5.41) is 17.2. The highest BCUT2D eigenvalue weighted by Crippen LogP contribution is 2.50. The van der Waals surface area contributed by atoms with Crippen LogP contribution < -0.4 is 5.32 Å². The van der Waals surface area contributed by atoms with Crippen molar-refractivity contribution in [1.82, 2.24) is 20.1 Å². The lowest BCUT2D eigenvalue weighted by atomic mass is 9.74. The van der Waals surface area contributed by atoms with Crippen LogP contribution in [0.4, 0.5) is 8.78 Å². The van der Waals surface area contributed by atoms with E-state index in [2.05, 4.69) is 21.5 Å². The quantitative estimate of drug-likeness (QED) is 0.309. The lowest BCUT2D eigenvalue weighted by molar-refractivity contribution is -0.131. The smallest absolute Gasteiger partial charge is 0.287 e. The first-order valence-electron chi connectivity index (χ1n) is 13.3. The molecule has 8 nitrogen and oxygen atoms in total. The summed E-state index contributed by atoms with van der Waals surface area (Å²) in [6.07, 6.45) is 1.44. The van der Waals surface area contributed by atoms with Crippen molar-refractivity contribution in [2.75, 3.05) is 0 Å². The summed E-state index contributed by atoms with van der Waals surface area (Å²) in [6.45, 7) is 1.82. The molecule has 1 amide bonds. The summed E-state index contributed by atoms with van der Waals surface area (Å²) in [5.74, 6) is -3.21. The first kappa shape index (κ1) is 25.9. The maximum absolute atomic E-state index is 14.0. The minimum absolute atomic E-state index is 0.00465. The van der Waals surface area contributed by atoms with Gasteiger partial charge in [-0.1, -0.05) is 24.3 Å². The number of aromatic nitrogens is 3. The number of amides is 1. The molecule has 0 unspecified atom stereocenters. The number of Topliss-reactive ketones (excluding diaryl/α,β-unsaturated/α-hetero) is 1. The lowest BCUT2D eigenvalue weighted by Gasteiger charge is -2.39. The number of carbonyl (C=O) groups excluding carboxylic acids is 2. The predicted molar refractivity (Wildman–Crippen MR) is 142 cm³/mol. The van der Waals surface area contributed by atoms with E-state index in [1.807, 2.05) is 49.4 Å². The molecule has 0 saturated heterocycles. The number of aryl methyl sites for hydroxylation is 1. The Labute approximate surface area is 229 Å². The maximum atomic E-state index is 14.0. The van der Waals surface area contributed by atoms with Crippen molar-refractivity contribution in [3.8, 4) is 22.9 Å². The van der Waals surface area contributed by atoms with Gasteiger partial charge in [-0.25, -0.2) is 18.4 Å². The first-order chi connectivity index (χ1) is 19.1. The number of nitrogens with zero attached hydrogens (tertiary/aromatic N) is 4. The molecular formula is C30H27F2N5O3. The van der Waals surface area contributed by atoms with Gasteiger partial charge in [-0.2, -0.15) is 10.4 Å². The van der Waals surface area contributed by atoms with E-state index in [1.54, 1.807) is 17.1 Å². The fourth-order valence-corrected chi connectivity index (χ4v) is 5.35. The average Bonchev–Trinajstić information content (AvgIpc) is 3.36. The van der Waals surface area contributed by atoms with Crippen LogP contribution in [-0.4, -0.2) is 37.9 Å². The fraction of sp³-hybridized carbons (Fsp3) is 0.367. The molecule has 2 fully saturated rings. The molecule has 0 spiro atoms. The third-order valence-electron chi connectivity index (χ3n) is 8.13. The van der Waals surface area contributed by atoms with Gasteiger partial charge in [-0.15, -0.1) is 0 Å². The zero-order chi connectivity index (χ0) is 28.1. The molecule has 6 rings (SSSR count). The third-order valence-corrected chi connectivity index (χ3v) is 8.13. The molecule has 0 radical (unpaired) electrons. The van der Waals surface area contributed by atoms with Crippen LogP contribution in [0.1, 0.15) is 61.3 Å². The summed E-state index contributed by atoms with van der Waals surface area (Å²) in [4.78, 5) is 30.8. The van der Waals surface area contributed by atoms with E-state index in [4.69, 9.17) is 4.42 Å². The van der Waals surface area contributed by atoms with E-state index < -0.39 is 35.6 Å². The zero-order valence-corrected chi connectivity index (χ0v) is 21.9. The molecule has 10 heteroatoms. The fourth-order valence-electron chi connectivity index (χ4n) is 5.35. The van der Waals surface area contributed by atoms with Crippen LogP contribution >= 0.6 is 0 Å². The monoisotopic (exact) mass is 543 g/mol. The van der Waals surface area contributed by atoms with Crippen molar-refractivity contribution < 1.29 is 22.8 Å². The average molecular weight is 544 g/mol. The summed E-state index contributed by atoms with van der Waals surface area (Å²) >= 11 is 0. The van der Waals surface area contributed by atoms with Gasteiger partial charge in [-0.05, 0) is 68.0 Å². The van der Waals surface area contributed by atoms with Gasteiger partial charge >= 0.3 is 0 Å². The van der Waals surface area contributed by atoms with E-state index in [0.29, 0.717) is 29.6 Å². The largest absolute Gasteiger partial charge is 0.451 e. The second kappa shape index (κ2) is 9.37. The number of nitrogens with one attached hydrogen (secondary N) is 1. The minimum atomic E-state index is -2.89. The van der Waals surface area contributed by atoms with Crippen LogP contribution in [-0.2, 0) is 4.79 Å². The molecule has 2 aromatic carbocycles. The highest BCUT2D eigenvalue weighted by molar-refractivity contribution is 6.01. The normalized spacial score (nSPS) is 18.6. The number of nitriles is 1. The third kappa shape index (κ3) is 4.88. The van der Waals surface area contributed by atoms with Gasteiger partial charge in [-0.3, -0.25) is 9.59 Å². The molecular weight excluding hydrogens is 516 g/mol. The molecule has 0 atom stereocenters. The minimum Gasteiger partial charge on any atom is -0.451 e. The Bertz CT molecular complexity index is 1650. The van der Waals surface area contributed by atoms with Crippen LogP contribution in [0.5, 0.6) is 0 Å². The maximum Gasteiger partial charge on any atom is 0.287 e. The van der Waals surface area contributed by atoms with E-state index in [0.717, 1.165) is 16.8 Å². The molecule has 4 aromatic rings. The number of hydrogen-bond donors (Lipinski definition) is 1. The van der Waals surface area contributed by atoms with Crippen molar-refractivity contribution in [3.63, 3.8) is 0 Å². The highest BCUT2D eigenvalue weighted by atomic mass is 19.3. The molecule has 2 aliphatic rings. The molecule has 0 bridgehead atoms. The molecule has 2 heterocycles. The number of alkyl halides is 2. The highest BCUT2D eigenvalue weighted by Gasteiger charge is 2.53. The molecule has 2 saturated carbocycles. The summed E-state index contributed by atoms with van der Waals surface area (Å²) < 4.78 is 35.6. The van der Waals surface area contributed by atoms with Gasteiger partial charge in [0.1, 0.15) is 17.7 Å². The van der Waals surface area contributed by atoms with Crippen LogP contribution in [0.15, 0.2) is 59.3 Å². The number of fused-ring (bicyclic) bond motifs is 1. The van der Waals surface area contributed by atoms with Crippen molar-refractivity contribution in [3.05, 3.63) is 66.4 Å². The van der Waals surface area contributed by atoms with Gasteiger partial charge in [0.15, 0.2) is 11.5 Å². The van der Waals surface area contributed by atoms with Gasteiger partial charge in [0, 0.05) is 24.6 Å². The van der Waals surface area contributed by atoms with Gasteiger partial charge in [0.2, 0.25) is 5.92 Å². The SMILES string of the molecule is Cc1ncn(-c2ccc(-c3ccc4cc(C(=O)NC5(C(=O)CC6(C#N)CC6)CCC(F)(F)CC5)oc4c3)cc2)n1. The molecule has 40 heavy (non-hydrogen) atoms. The molecule has 0 aliphatic heterocycles. The lowest BCUT2D eigenvalue weighted by Crippen LogP contribution is -2.58. The summed E-state index contributed by atoms with van der Waals surface area (Å²) in [6, 6.07) is 17.1. The number of benzene rings is 2. The van der Waals surface area contributed by atoms with Crippen molar-refractivity contribution in [2.24, 2.45) is 5.41 Å². The Morgan fingerprint density at radius 2 is 1.73 bits per heavy atom. The number of ketones is 1. The van der Waals surface area contributed by atoms with Crippen molar-refractivity contribution in [2.45, 2.75) is 63.3 Å². The van der Waals surface area contributed by atoms with Crippen LogP contribution in [0.2, 0.25) is 0 Å². The van der Waals surface area contributed by atoms with E-state index in [-0.39, 0.29) is 30.8 Å². The van der Waals surface area contributed by atoms with E-state index in [9.17, 15) is 23.6 Å². The number of carbonyl (C=O) groups is 2. The number of hydrogen-bond acceptors (Lipinski definition) is 6. The van der Waals surface area contributed by atoms with E-state index >= 15 is 0 Å². The number of halogens is 2. The molecule has 2 aliphatic carbocycles. The Balaban J connectivity index is 1.23. The Morgan fingerprint density at radius 1 is 1.02 bits per heavy atom. The molecule has 204 valence electrons. The van der Waals surface area contributed by atoms with Crippen LogP contribution in [0.25, 0.3) is 27.8 Å². The van der Waals surface area contributed by atoms with Gasteiger partial charge < -0.3 is 9.73 Å². The Kier molecular flexibility index (Phi) is 6.06. The Hall–Kier alpha value is -4.39. The van der Waals surface area contributed by atoms with E-state index in [1.165, 1.54) is 0 Å². The standard InChI is InChI=1S/C30H27F2N5O3/c1-19-34-18-37(36-19)23-6-4-20(5-7-23)21-2-3-22-15-25(40-24(22)14-21)27(39)35-29(10-12-30(31,32)13-11-29)26(38)16-28(17-33)8-9-28/h2-7,14-15,18H,8-13,16H2,1H3,(H,35,39). The zero-order valence-electron chi connectivity index (χ0n) is 21.9. The number of rotatable bonds is 7. The summed E-state index contributed by atoms with van der Waals surface area (Å²) in [7, 11) is 0. The Morgan fingerprint density at radius 3 is 2.35 bits per heavy atom. The molecule has 1 N–H and O–H groups in total.